The third-order valence-electron chi connectivity index (χ3n) is 4.96. The molecule has 0 bridgehead atoms. The SMILES string of the molecule is Cc1[nH]c(=O)[nH]c(=O)c1CC(=O)N[C@@H](Cc1ccccc1)C1CC(O)C1. The van der Waals surface area contributed by atoms with Gasteiger partial charge in [0.15, 0.2) is 0 Å². The number of aliphatic hydroxyl groups excluding tert-OH is 1. The van der Waals surface area contributed by atoms with Crippen LogP contribution >= 0.6 is 0 Å². The molecule has 3 rings (SSSR count). The van der Waals surface area contributed by atoms with Crippen LogP contribution in [0.15, 0.2) is 39.9 Å². The molecule has 2 aromatic rings. The topological polar surface area (TPSA) is 115 Å². The Morgan fingerprint density at radius 2 is 1.92 bits per heavy atom. The van der Waals surface area contributed by atoms with Crippen LogP contribution < -0.4 is 16.6 Å². The first-order chi connectivity index (χ1) is 12.4. The number of amides is 1. The monoisotopic (exact) mass is 357 g/mol. The highest BCUT2D eigenvalue weighted by atomic mass is 16.3. The molecule has 0 radical (unpaired) electrons. The minimum absolute atomic E-state index is 0.0987. The number of hydrogen-bond acceptors (Lipinski definition) is 4. The van der Waals surface area contributed by atoms with Gasteiger partial charge in [0, 0.05) is 17.3 Å². The van der Waals surface area contributed by atoms with Gasteiger partial charge >= 0.3 is 5.69 Å². The summed E-state index contributed by atoms with van der Waals surface area (Å²) < 4.78 is 0. The van der Waals surface area contributed by atoms with Crippen molar-refractivity contribution in [3.05, 3.63) is 68.0 Å². The largest absolute Gasteiger partial charge is 0.393 e. The van der Waals surface area contributed by atoms with Crippen molar-refractivity contribution in [1.82, 2.24) is 15.3 Å². The third kappa shape index (κ3) is 4.29. The Bertz CT molecular complexity index is 882. The fraction of sp³-hybridized carbons (Fsp3) is 0.421. The van der Waals surface area contributed by atoms with Crippen molar-refractivity contribution in [2.75, 3.05) is 0 Å². The zero-order valence-corrected chi connectivity index (χ0v) is 14.6. The number of hydrogen-bond donors (Lipinski definition) is 4. The minimum atomic E-state index is -0.581. The Hall–Kier alpha value is -2.67. The summed E-state index contributed by atoms with van der Waals surface area (Å²) >= 11 is 0. The first kappa shape index (κ1) is 18.1. The highest BCUT2D eigenvalue weighted by Gasteiger charge is 2.34. The quantitative estimate of drug-likeness (QED) is 0.599. The summed E-state index contributed by atoms with van der Waals surface area (Å²) in [6, 6.07) is 9.75. The molecule has 1 aromatic carbocycles. The van der Waals surface area contributed by atoms with Gasteiger partial charge in [-0.2, -0.15) is 0 Å². The van der Waals surface area contributed by atoms with Crippen molar-refractivity contribution in [3.63, 3.8) is 0 Å². The van der Waals surface area contributed by atoms with E-state index in [4.69, 9.17) is 0 Å². The summed E-state index contributed by atoms with van der Waals surface area (Å²) in [5, 5.41) is 12.6. The van der Waals surface area contributed by atoms with Crippen molar-refractivity contribution >= 4 is 5.91 Å². The molecule has 7 heteroatoms. The molecule has 1 saturated carbocycles. The normalized spacial score (nSPS) is 20.2. The molecule has 1 amide bonds. The predicted octanol–water partition coefficient (Wildman–Crippen LogP) is 0.413. The fourth-order valence-electron chi connectivity index (χ4n) is 3.42. The van der Waals surface area contributed by atoms with Crippen molar-refractivity contribution in [1.29, 1.82) is 0 Å². The van der Waals surface area contributed by atoms with Crippen molar-refractivity contribution in [2.45, 2.75) is 44.8 Å². The molecule has 4 N–H and O–H groups in total. The van der Waals surface area contributed by atoms with Crippen molar-refractivity contribution < 1.29 is 9.90 Å². The van der Waals surface area contributed by atoms with Gasteiger partial charge in [0.05, 0.1) is 12.5 Å². The van der Waals surface area contributed by atoms with Gasteiger partial charge in [-0.15, -0.1) is 0 Å². The summed E-state index contributed by atoms with van der Waals surface area (Å²) in [6.07, 6.45) is 1.59. The highest BCUT2D eigenvalue weighted by molar-refractivity contribution is 5.79. The molecule has 1 aliphatic rings. The molecule has 7 nitrogen and oxygen atoms in total. The van der Waals surface area contributed by atoms with Gasteiger partial charge in [0.25, 0.3) is 5.56 Å². The Balaban J connectivity index is 1.71. The van der Waals surface area contributed by atoms with E-state index in [1.807, 2.05) is 30.3 Å². The predicted molar refractivity (Wildman–Crippen MR) is 96.9 cm³/mol. The van der Waals surface area contributed by atoms with Crippen LogP contribution in [0.25, 0.3) is 0 Å². The second kappa shape index (κ2) is 7.70. The van der Waals surface area contributed by atoms with Crippen molar-refractivity contribution in [3.8, 4) is 0 Å². The Labute approximate surface area is 150 Å². The van der Waals surface area contributed by atoms with Gasteiger partial charge in [-0.3, -0.25) is 14.6 Å². The second-order valence-electron chi connectivity index (χ2n) is 6.94. The van der Waals surface area contributed by atoms with E-state index < -0.39 is 11.2 Å². The number of aryl methyl sites for hydroxylation is 1. The molecule has 0 saturated heterocycles. The Morgan fingerprint density at radius 1 is 1.23 bits per heavy atom. The maximum Gasteiger partial charge on any atom is 0.325 e. The van der Waals surface area contributed by atoms with E-state index in [-0.39, 0.29) is 36.0 Å². The number of benzene rings is 1. The molecule has 1 atom stereocenters. The number of nitrogens with one attached hydrogen (secondary N) is 3. The summed E-state index contributed by atoms with van der Waals surface area (Å²) in [7, 11) is 0. The Kier molecular flexibility index (Phi) is 5.37. The lowest BCUT2D eigenvalue weighted by Gasteiger charge is -2.38. The summed E-state index contributed by atoms with van der Waals surface area (Å²) in [5.41, 5.74) is 0.640. The van der Waals surface area contributed by atoms with Crippen LogP contribution in [-0.2, 0) is 17.6 Å². The minimum Gasteiger partial charge on any atom is -0.393 e. The van der Waals surface area contributed by atoms with Crippen LogP contribution in [0.2, 0.25) is 0 Å². The molecule has 0 spiro atoms. The van der Waals surface area contributed by atoms with E-state index in [2.05, 4.69) is 15.3 Å². The van der Waals surface area contributed by atoms with Gasteiger partial charge < -0.3 is 15.4 Å². The number of carbonyl (C=O) groups is 1. The van der Waals surface area contributed by atoms with Gasteiger partial charge in [-0.05, 0) is 37.7 Å². The standard InChI is InChI=1S/C19H23N3O4/c1-11-15(18(25)22-19(26)20-11)10-17(24)21-16(13-8-14(23)9-13)7-12-5-3-2-4-6-12/h2-6,13-14,16,23H,7-10H2,1H3,(H,21,24)(H2,20,22,25,26)/t13?,14?,16-/m0/s1. The average molecular weight is 357 g/mol. The lowest BCUT2D eigenvalue weighted by atomic mass is 9.75. The molecule has 0 aliphatic heterocycles. The van der Waals surface area contributed by atoms with E-state index in [1.165, 1.54) is 0 Å². The number of H-pyrrole nitrogens is 2. The number of aromatic amines is 2. The van der Waals surface area contributed by atoms with Gasteiger partial charge in [0.1, 0.15) is 0 Å². The molecular weight excluding hydrogens is 334 g/mol. The number of aliphatic hydroxyl groups is 1. The molecule has 138 valence electrons. The maximum absolute atomic E-state index is 12.5. The lowest BCUT2D eigenvalue weighted by molar-refractivity contribution is -0.122. The van der Waals surface area contributed by atoms with Crippen LogP contribution in [0.3, 0.4) is 0 Å². The second-order valence-corrected chi connectivity index (χ2v) is 6.94. The molecule has 0 unspecified atom stereocenters. The lowest BCUT2D eigenvalue weighted by Crippen LogP contribution is -2.49. The molecule has 1 fully saturated rings. The van der Waals surface area contributed by atoms with E-state index in [0.29, 0.717) is 25.0 Å². The van der Waals surface area contributed by atoms with E-state index in [0.717, 1.165) is 5.56 Å². The molecule has 1 aromatic heterocycles. The van der Waals surface area contributed by atoms with Gasteiger partial charge in [-0.1, -0.05) is 30.3 Å². The number of rotatable bonds is 6. The highest BCUT2D eigenvalue weighted by Crippen LogP contribution is 2.31. The summed E-state index contributed by atoms with van der Waals surface area (Å²) in [6.45, 7) is 1.60. The van der Waals surface area contributed by atoms with Crippen LogP contribution in [0, 0.1) is 12.8 Å². The van der Waals surface area contributed by atoms with Crippen LogP contribution in [0.5, 0.6) is 0 Å². The van der Waals surface area contributed by atoms with Gasteiger partial charge in [0.2, 0.25) is 5.91 Å². The summed E-state index contributed by atoms with van der Waals surface area (Å²) in [4.78, 5) is 40.4. The Morgan fingerprint density at radius 3 is 2.54 bits per heavy atom. The third-order valence-corrected chi connectivity index (χ3v) is 4.96. The first-order valence-electron chi connectivity index (χ1n) is 8.76. The first-order valence-corrected chi connectivity index (χ1v) is 8.76. The zero-order valence-electron chi connectivity index (χ0n) is 14.6. The van der Waals surface area contributed by atoms with Crippen LogP contribution in [-0.4, -0.2) is 33.1 Å². The number of carbonyl (C=O) groups excluding carboxylic acids is 1. The molecule has 1 aliphatic carbocycles. The maximum atomic E-state index is 12.5. The smallest absolute Gasteiger partial charge is 0.325 e. The molecular formula is C19H23N3O4. The van der Waals surface area contributed by atoms with Crippen LogP contribution in [0.4, 0.5) is 0 Å². The van der Waals surface area contributed by atoms with E-state index in [1.54, 1.807) is 6.92 Å². The fourth-order valence-corrected chi connectivity index (χ4v) is 3.42. The van der Waals surface area contributed by atoms with E-state index in [9.17, 15) is 19.5 Å². The van der Waals surface area contributed by atoms with E-state index >= 15 is 0 Å². The summed E-state index contributed by atoms with van der Waals surface area (Å²) in [5.74, 6) is -0.0583. The van der Waals surface area contributed by atoms with Gasteiger partial charge in [-0.25, -0.2) is 4.79 Å². The average Bonchev–Trinajstić information content (AvgIpc) is 2.55. The molecule has 26 heavy (non-hydrogen) atoms. The van der Waals surface area contributed by atoms with Crippen molar-refractivity contribution in [2.24, 2.45) is 5.92 Å². The zero-order chi connectivity index (χ0) is 18.7. The van der Waals surface area contributed by atoms with Crippen LogP contribution in [0.1, 0.15) is 29.7 Å². The molecule has 1 heterocycles. The number of aromatic nitrogens is 2.